The molecule has 0 aromatic carbocycles. The lowest BCUT2D eigenvalue weighted by atomic mass is 10.1. The number of unbranched alkanes of at least 4 members (excludes halogenated alkanes) is 5. The zero-order valence-corrected chi connectivity index (χ0v) is 10.6. The van der Waals surface area contributed by atoms with Crippen LogP contribution in [0.15, 0.2) is 18.5 Å². The van der Waals surface area contributed by atoms with Crippen LogP contribution < -0.4 is 5.32 Å². The van der Waals surface area contributed by atoms with E-state index in [1.165, 1.54) is 32.1 Å². The van der Waals surface area contributed by atoms with Crippen molar-refractivity contribution >= 4 is 5.69 Å². The van der Waals surface area contributed by atoms with Gasteiger partial charge in [0.1, 0.15) is 6.07 Å². The van der Waals surface area contributed by atoms with E-state index in [9.17, 15) is 0 Å². The molecular formula is C14H21N3. The topological polar surface area (TPSA) is 48.7 Å². The highest BCUT2D eigenvalue weighted by molar-refractivity contribution is 5.55. The molecule has 0 aliphatic carbocycles. The van der Waals surface area contributed by atoms with Crippen LogP contribution in [-0.2, 0) is 0 Å². The molecule has 0 saturated heterocycles. The van der Waals surface area contributed by atoms with Crippen LogP contribution in [0.1, 0.15) is 51.0 Å². The van der Waals surface area contributed by atoms with Gasteiger partial charge in [0.05, 0.1) is 17.4 Å². The highest BCUT2D eigenvalue weighted by Crippen LogP contribution is 2.12. The summed E-state index contributed by atoms with van der Waals surface area (Å²) in [4.78, 5) is 4.02. The minimum atomic E-state index is 0.672. The van der Waals surface area contributed by atoms with E-state index in [0.717, 1.165) is 18.7 Å². The van der Waals surface area contributed by atoms with E-state index in [1.54, 1.807) is 18.5 Å². The summed E-state index contributed by atoms with van der Waals surface area (Å²) >= 11 is 0. The van der Waals surface area contributed by atoms with E-state index in [0.29, 0.717) is 5.56 Å². The second-order valence-corrected chi connectivity index (χ2v) is 4.23. The third-order valence-electron chi connectivity index (χ3n) is 2.79. The fraction of sp³-hybridized carbons (Fsp3) is 0.571. The van der Waals surface area contributed by atoms with Gasteiger partial charge < -0.3 is 5.32 Å². The molecule has 1 aromatic rings. The summed E-state index contributed by atoms with van der Waals surface area (Å²) in [5.74, 6) is 0. The van der Waals surface area contributed by atoms with E-state index in [4.69, 9.17) is 5.26 Å². The first kappa shape index (κ1) is 13.5. The number of pyridine rings is 1. The van der Waals surface area contributed by atoms with Crippen LogP contribution in [0.2, 0.25) is 0 Å². The van der Waals surface area contributed by atoms with Crippen LogP contribution >= 0.6 is 0 Å². The molecule has 0 spiro atoms. The average Bonchev–Trinajstić information content (AvgIpc) is 2.38. The summed E-state index contributed by atoms with van der Waals surface area (Å²) in [6, 6.07) is 3.90. The number of rotatable bonds is 8. The SMILES string of the molecule is CCCCCCCCNc1cnccc1C#N. The van der Waals surface area contributed by atoms with Gasteiger partial charge in [-0.2, -0.15) is 5.26 Å². The minimum absolute atomic E-state index is 0.672. The molecule has 1 heterocycles. The highest BCUT2D eigenvalue weighted by atomic mass is 14.9. The van der Waals surface area contributed by atoms with Gasteiger partial charge in [0.15, 0.2) is 0 Å². The third-order valence-corrected chi connectivity index (χ3v) is 2.79. The van der Waals surface area contributed by atoms with Crippen molar-refractivity contribution in [1.29, 1.82) is 5.26 Å². The maximum Gasteiger partial charge on any atom is 0.101 e. The zero-order valence-electron chi connectivity index (χ0n) is 10.6. The molecule has 92 valence electrons. The van der Waals surface area contributed by atoms with Crippen molar-refractivity contribution in [1.82, 2.24) is 4.98 Å². The van der Waals surface area contributed by atoms with Crippen LogP contribution in [0.3, 0.4) is 0 Å². The van der Waals surface area contributed by atoms with E-state index in [2.05, 4.69) is 23.3 Å². The van der Waals surface area contributed by atoms with Crippen molar-refractivity contribution in [2.24, 2.45) is 0 Å². The van der Waals surface area contributed by atoms with Crippen molar-refractivity contribution in [2.75, 3.05) is 11.9 Å². The summed E-state index contributed by atoms with van der Waals surface area (Å²) in [5, 5.41) is 12.2. The van der Waals surface area contributed by atoms with Gasteiger partial charge in [0.25, 0.3) is 0 Å². The van der Waals surface area contributed by atoms with Gasteiger partial charge in [-0.15, -0.1) is 0 Å². The predicted molar refractivity (Wildman–Crippen MR) is 70.8 cm³/mol. The lowest BCUT2D eigenvalue weighted by molar-refractivity contribution is 0.617. The second-order valence-electron chi connectivity index (χ2n) is 4.23. The first-order valence-corrected chi connectivity index (χ1v) is 6.46. The van der Waals surface area contributed by atoms with Crippen LogP contribution in [0, 0.1) is 11.3 Å². The molecule has 1 aromatic heterocycles. The van der Waals surface area contributed by atoms with Gasteiger partial charge in [0.2, 0.25) is 0 Å². The van der Waals surface area contributed by atoms with E-state index in [-0.39, 0.29) is 0 Å². The smallest absolute Gasteiger partial charge is 0.101 e. The molecule has 0 atom stereocenters. The molecule has 0 radical (unpaired) electrons. The van der Waals surface area contributed by atoms with Crippen molar-refractivity contribution in [3.05, 3.63) is 24.0 Å². The average molecular weight is 231 g/mol. The van der Waals surface area contributed by atoms with Gasteiger partial charge >= 0.3 is 0 Å². The standard InChI is InChI=1S/C14H21N3/c1-2-3-4-5-6-7-9-17-14-12-16-10-8-13(14)11-15/h8,10,12,17H,2-7,9H2,1H3. The third kappa shape index (κ3) is 5.35. The quantitative estimate of drug-likeness (QED) is 0.693. The molecule has 1 rings (SSSR count). The van der Waals surface area contributed by atoms with Crippen LogP contribution in [-0.4, -0.2) is 11.5 Å². The van der Waals surface area contributed by atoms with Crippen molar-refractivity contribution < 1.29 is 0 Å². The van der Waals surface area contributed by atoms with Crippen molar-refractivity contribution in [3.8, 4) is 6.07 Å². The number of hydrogen-bond acceptors (Lipinski definition) is 3. The fourth-order valence-electron chi connectivity index (χ4n) is 1.76. The monoisotopic (exact) mass is 231 g/mol. The number of aromatic nitrogens is 1. The Morgan fingerprint density at radius 3 is 2.76 bits per heavy atom. The fourth-order valence-corrected chi connectivity index (χ4v) is 1.76. The lowest BCUT2D eigenvalue weighted by Gasteiger charge is -2.07. The van der Waals surface area contributed by atoms with Crippen LogP contribution in [0.25, 0.3) is 0 Å². The maximum atomic E-state index is 8.90. The first-order chi connectivity index (χ1) is 8.38. The molecule has 0 aliphatic heterocycles. The Hall–Kier alpha value is -1.56. The van der Waals surface area contributed by atoms with E-state index in [1.807, 2.05) is 0 Å². The Kier molecular flexibility index (Phi) is 6.81. The molecule has 0 saturated carbocycles. The number of nitrogens with zero attached hydrogens (tertiary/aromatic N) is 2. The van der Waals surface area contributed by atoms with Gasteiger partial charge in [-0.3, -0.25) is 4.98 Å². The predicted octanol–water partition coefficient (Wildman–Crippen LogP) is 3.73. The molecule has 0 aliphatic rings. The summed E-state index contributed by atoms with van der Waals surface area (Å²) in [7, 11) is 0. The molecule has 1 N–H and O–H groups in total. The number of nitriles is 1. The molecular weight excluding hydrogens is 210 g/mol. The first-order valence-electron chi connectivity index (χ1n) is 6.46. The van der Waals surface area contributed by atoms with E-state index < -0.39 is 0 Å². The van der Waals surface area contributed by atoms with Gasteiger partial charge in [0, 0.05) is 12.7 Å². The Labute approximate surface area is 104 Å². The second kappa shape index (κ2) is 8.58. The lowest BCUT2D eigenvalue weighted by Crippen LogP contribution is -2.03. The molecule has 17 heavy (non-hydrogen) atoms. The summed E-state index contributed by atoms with van der Waals surface area (Å²) in [6.45, 7) is 3.15. The normalized spacial score (nSPS) is 9.88. The number of anilines is 1. The molecule has 0 bridgehead atoms. The molecule has 0 amide bonds. The van der Waals surface area contributed by atoms with Crippen LogP contribution in [0.4, 0.5) is 5.69 Å². The molecule has 3 heteroatoms. The minimum Gasteiger partial charge on any atom is -0.383 e. The largest absolute Gasteiger partial charge is 0.383 e. The van der Waals surface area contributed by atoms with Crippen molar-refractivity contribution in [3.63, 3.8) is 0 Å². The summed E-state index contributed by atoms with van der Waals surface area (Å²) in [5.41, 5.74) is 1.52. The Bertz CT molecular complexity index is 355. The zero-order chi connectivity index (χ0) is 12.3. The Morgan fingerprint density at radius 1 is 1.24 bits per heavy atom. The van der Waals surface area contributed by atoms with Gasteiger partial charge in [-0.25, -0.2) is 0 Å². The Balaban J connectivity index is 2.16. The number of hydrogen-bond donors (Lipinski definition) is 1. The maximum absolute atomic E-state index is 8.90. The molecule has 0 fully saturated rings. The van der Waals surface area contributed by atoms with Gasteiger partial charge in [-0.1, -0.05) is 39.0 Å². The summed E-state index contributed by atoms with van der Waals surface area (Å²) in [6.07, 6.45) is 11.1. The molecule has 0 unspecified atom stereocenters. The van der Waals surface area contributed by atoms with E-state index >= 15 is 0 Å². The summed E-state index contributed by atoms with van der Waals surface area (Å²) < 4.78 is 0. The highest BCUT2D eigenvalue weighted by Gasteiger charge is 1.99. The van der Waals surface area contributed by atoms with Crippen LogP contribution in [0.5, 0.6) is 0 Å². The van der Waals surface area contributed by atoms with Gasteiger partial charge in [-0.05, 0) is 12.5 Å². The number of nitrogens with one attached hydrogen (secondary N) is 1. The molecule has 3 nitrogen and oxygen atoms in total. The van der Waals surface area contributed by atoms with Crippen molar-refractivity contribution in [2.45, 2.75) is 45.4 Å². The Morgan fingerprint density at radius 2 is 2.00 bits per heavy atom.